The molecule has 1 fully saturated rings. The Hall–Kier alpha value is -1.00. The monoisotopic (exact) mass is 232 g/mol. The second-order valence-electron chi connectivity index (χ2n) is 4.71. The van der Waals surface area contributed by atoms with Gasteiger partial charge in [0.05, 0.1) is 0 Å². The smallest absolute Gasteiger partial charge is 0.272 e. The maximum Gasteiger partial charge on any atom is 0.289 e. The van der Waals surface area contributed by atoms with Gasteiger partial charge in [0.2, 0.25) is 0 Å². The molecule has 1 aromatic rings. The van der Waals surface area contributed by atoms with Crippen LogP contribution in [0.5, 0.6) is 0 Å². The van der Waals surface area contributed by atoms with Crippen molar-refractivity contribution in [3.05, 3.63) is 17.5 Å². The first-order valence-corrected chi connectivity index (χ1v) is 5.42. The zero-order valence-electron chi connectivity index (χ0n) is 9.38. The van der Waals surface area contributed by atoms with Crippen LogP contribution in [0.15, 0.2) is 6.20 Å². The zero-order chi connectivity index (χ0) is 11.9. The lowest BCUT2D eigenvalue weighted by Gasteiger charge is -2.29. The quantitative estimate of drug-likeness (QED) is 0.783. The summed E-state index contributed by atoms with van der Waals surface area (Å²) in [6, 6.07) is 0. The number of aromatic nitrogens is 2. The number of aryl methyl sites for hydroxylation is 1. The standard InChI is InChI=1S/C11H15F3N2/c1-7-5-16(6-8-3-9(12)4-8)15-10(7)11(2,13)14/h5,8-9H,3-4,6H2,1-2H3. The van der Waals surface area contributed by atoms with Crippen LogP contribution in [-0.2, 0) is 12.5 Å². The largest absolute Gasteiger partial charge is 0.289 e. The molecule has 90 valence electrons. The van der Waals surface area contributed by atoms with Crippen LogP contribution in [0.3, 0.4) is 0 Å². The Morgan fingerprint density at radius 2 is 2.12 bits per heavy atom. The third-order valence-electron chi connectivity index (χ3n) is 2.98. The van der Waals surface area contributed by atoms with Gasteiger partial charge in [0.15, 0.2) is 0 Å². The molecule has 1 aromatic heterocycles. The van der Waals surface area contributed by atoms with E-state index >= 15 is 0 Å². The molecule has 0 unspecified atom stereocenters. The predicted octanol–water partition coefficient (Wildman–Crippen LogP) is 3.05. The molecule has 0 atom stereocenters. The van der Waals surface area contributed by atoms with E-state index in [0.29, 0.717) is 24.9 Å². The molecule has 1 heterocycles. The lowest BCUT2D eigenvalue weighted by atomic mass is 9.83. The van der Waals surface area contributed by atoms with Gasteiger partial charge < -0.3 is 0 Å². The van der Waals surface area contributed by atoms with Crippen LogP contribution in [0.1, 0.15) is 31.0 Å². The van der Waals surface area contributed by atoms with Crippen LogP contribution in [0.2, 0.25) is 0 Å². The predicted molar refractivity (Wildman–Crippen MR) is 54.2 cm³/mol. The Morgan fingerprint density at radius 1 is 1.50 bits per heavy atom. The highest BCUT2D eigenvalue weighted by Gasteiger charge is 2.32. The van der Waals surface area contributed by atoms with E-state index in [0.717, 1.165) is 6.92 Å². The third-order valence-corrected chi connectivity index (χ3v) is 2.98. The van der Waals surface area contributed by atoms with E-state index in [2.05, 4.69) is 5.10 Å². The summed E-state index contributed by atoms with van der Waals surface area (Å²) in [6.07, 6.45) is 1.94. The number of hydrogen-bond acceptors (Lipinski definition) is 1. The summed E-state index contributed by atoms with van der Waals surface area (Å²) in [4.78, 5) is 0. The molecular formula is C11H15F3N2. The Bertz CT molecular complexity index is 375. The van der Waals surface area contributed by atoms with Crippen LogP contribution in [0, 0.1) is 12.8 Å². The van der Waals surface area contributed by atoms with Crippen LogP contribution in [0.25, 0.3) is 0 Å². The van der Waals surface area contributed by atoms with Gasteiger partial charge in [-0.15, -0.1) is 0 Å². The van der Waals surface area contributed by atoms with Gasteiger partial charge in [0.25, 0.3) is 5.92 Å². The minimum atomic E-state index is -2.91. The van der Waals surface area contributed by atoms with Crippen molar-refractivity contribution >= 4 is 0 Å². The number of rotatable bonds is 3. The van der Waals surface area contributed by atoms with Crippen LogP contribution >= 0.6 is 0 Å². The molecule has 1 aliphatic rings. The Balaban J connectivity index is 2.06. The zero-order valence-corrected chi connectivity index (χ0v) is 9.38. The van der Waals surface area contributed by atoms with Crippen LogP contribution in [0.4, 0.5) is 13.2 Å². The van der Waals surface area contributed by atoms with Gasteiger partial charge in [-0.25, -0.2) is 4.39 Å². The summed E-state index contributed by atoms with van der Waals surface area (Å²) in [6.45, 7) is 3.00. The van der Waals surface area contributed by atoms with Crippen molar-refractivity contribution in [2.45, 2.75) is 45.3 Å². The molecule has 2 nitrogen and oxygen atoms in total. The van der Waals surface area contributed by atoms with E-state index < -0.39 is 12.1 Å². The molecule has 0 radical (unpaired) electrons. The Morgan fingerprint density at radius 3 is 2.56 bits per heavy atom. The van der Waals surface area contributed by atoms with Crippen molar-refractivity contribution in [3.8, 4) is 0 Å². The van der Waals surface area contributed by atoms with Crippen LogP contribution < -0.4 is 0 Å². The molecule has 0 N–H and O–H groups in total. The van der Waals surface area contributed by atoms with E-state index in [1.807, 2.05) is 0 Å². The average Bonchev–Trinajstić information content (AvgIpc) is 2.43. The summed E-state index contributed by atoms with van der Waals surface area (Å²) < 4.78 is 40.3. The maximum absolute atomic E-state index is 13.1. The highest BCUT2D eigenvalue weighted by molar-refractivity contribution is 5.19. The maximum atomic E-state index is 13.1. The summed E-state index contributed by atoms with van der Waals surface area (Å²) in [5.41, 5.74) is 0.312. The molecule has 0 amide bonds. The minimum absolute atomic E-state index is 0.177. The molecule has 1 saturated carbocycles. The highest BCUT2D eigenvalue weighted by atomic mass is 19.3. The van der Waals surface area contributed by atoms with Crippen molar-refractivity contribution in [2.75, 3.05) is 0 Å². The van der Waals surface area contributed by atoms with Gasteiger partial charge in [-0.3, -0.25) is 4.68 Å². The fourth-order valence-electron chi connectivity index (χ4n) is 2.12. The lowest BCUT2D eigenvalue weighted by Crippen LogP contribution is -2.28. The molecule has 0 saturated heterocycles. The molecule has 0 aliphatic heterocycles. The van der Waals surface area contributed by atoms with Crippen molar-refractivity contribution < 1.29 is 13.2 Å². The third kappa shape index (κ3) is 2.23. The number of nitrogens with zero attached hydrogens (tertiary/aromatic N) is 2. The first kappa shape index (κ1) is 11.5. The normalized spacial score (nSPS) is 25.6. The topological polar surface area (TPSA) is 17.8 Å². The van der Waals surface area contributed by atoms with Gasteiger partial charge in [0.1, 0.15) is 11.9 Å². The van der Waals surface area contributed by atoms with Crippen molar-refractivity contribution in [2.24, 2.45) is 5.92 Å². The summed E-state index contributed by atoms with van der Waals surface area (Å²) >= 11 is 0. The molecule has 0 aromatic carbocycles. The second-order valence-corrected chi connectivity index (χ2v) is 4.71. The molecule has 5 heteroatoms. The van der Waals surface area contributed by atoms with E-state index in [9.17, 15) is 13.2 Å². The van der Waals surface area contributed by atoms with E-state index in [-0.39, 0.29) is 11.6 Å². The van der Waals surface area contributed by atoms with Gasteiger partial charge >= 0.3 is 0 Å². The molecule has 0 spiro atoms. The molecule has 16 heavy (non-hydrogen) atoms. The fourth-order valence-corrected chi connectivity index (χ4v) is 2.12. The highest BCUT2D eigenvalue weighted by Crippen LogP contribution is 2.32. The van der Waals surface area contributed by atoms with Gasteiger partial charge in [-0.2, -0.15) is 13.9 Å². The Labute approximate surface area is 92.4 Å². The van der Waals surface area contributed by atoms with Crippen molar-refractivity contribution in [3.63, 3.8) is 0 Å². The number of alkyl halides is 3. The first-order chi connectivity index (χ1) is 7.36. The van der Waals surface area contributed by atoms with Gasteiger partial charge in [-0.1, -0.05) is 0 Å². The molecule has 2 rings (SSSR count). The SMILES string of the molecule is Cc1cn(CC2CC(F)C2)nc1C(C)(F)F. The second kappa shape index (κ2) is 3.79. The van der Waals surface area contributed by atoms with Crippen LogP contribution in [-0.4, -0.2) is 16.0 Å². The molecular weight excluding hydrogens is 217 g/mol. The lowest BCUT2D eigenvalue weighted by molar-refractivity contribution is 0.0110. The summed E-state index contributed by atoms with van der Waals surface area (Å²) in [5, 5.41) is 3.87. The van der Waals surface area contributed by atoms with E-state index in [4.69, 9.17) is 0 Å². The van der Waals surface area contributed by atoms with Gasteiger partial charge in [0, 0.05) is 19.7 Å². The fraction of sp³-hybridized carbons (Fsp3) is 0.727. The van der Waals surface area contributed by atoms with Gasteiger partial charge in [-0.05, 0) is 31.2 Å². The van der Waals surface area contributed by atoms with Crippen molar-refractivity contribution in [1.82, 2.24) is 9.78 Å². The number of halogens is 3. The molecule has 1 aliphatic carbocycles. The molecule has 0 bridgehead atoms. The van der Waals surface area contributed by atoms with E-state index in [1.54, 1.807) is 13.1 Å². The Kier molecular flexibility index (Phi) is 2.72. The van der Waals surface area contributed by atoms with E-state index in [1.165, 1.54) is 4.68 Å². The summed E-state index contributed by atoms with van der Waals surface area (Å²) in [5.74, 6) is -2.66. The first-order valence-electron chi connectivity index (χ1n) is 5.42. The minimum Gasteiger partial charge on any atom is -0.272 e. The number of hydrogen-bond donors (Lipinski definition) is 0. The van der Waals surface area contributed by atoms with Crippen molar-refractivity contribution in [1.29, 1.82) is 0 Å². The summed E-state index contributed by atoms with van der Waals surface area (Å²) in [7, 11) is 0. The average molecular weight is 232 g/mol.